The number of nitrogens with two attached hydrogens (primary N) is 1. The van der Waals surface area contributed by atoms with E-state index in [1.165, 1.54) is 11.8 Å². The first kappa shape index (κ1) is 18.0. The molecule has 0 amide bonds. The number of rotatable bonds is 4. The first-order chi connectivity index (χ1) is 13.2. The predicted octanol–water partition coefficient (Wildman–Crippen LogP) is 4.24. The quantitative estimate of drug-likeness (QED) is 0.691. The molecule has 0 aliphatic rings. The summed E-state index contributed by atoms with van der Waals surface area (Å²) in [6, 6.07) is 22.8. The average molecular weight is 367 g/mol. The molecule has 0 aliphatic carbocycles. The molecule has 0 saturated carbocycles. The molecule has 27 heavy (non-hydrogen) atoms. The molecular weight excluding hydrogens is 354 g/mol. The van der Waals surface area contributed by atoms with Crippen molar-refractivity contribution in [1.82, 2.24) is 4.98 Å². The van der Waals surface area contributed by atoms with Crippen LogP contribution in [-0.4, -0.2) is 4.98 Å². The summed E-state index contributed by atoms with van der Waals surface area (Å²) >= 11 is 1.40. The van der Waals surface area contributed by atoms with Gasteiger partial charge in [-0.2, -0.15) is 15.8 Å². The second kappa shape index (κ2) is 8.06. The summed E-state index contributed by atoms with van der Waals surface area (Å²) in [5.41, 5.74) is 9.18. The first-order valence-electron chi connectivity index (χ1n) is 7.99. The summed E-state index contributed by atoms with van der Waals surface area (Å²) < 4.78 is 0. The van der Waals surface area contributed by atoms with Gasteiger partial charge in [-0.15, -0.1) is 11.8 Å². The molecule has 0 bridgehead atoms. The molecule has 0 spiro atoms. The van der Waals surface area contributed by atoms with E-state index >= 15 is 0 Å². The number of benzene rings is 2. The van der Waals surface area contributed by atoms with Crippen molar-refractivity contribution in [3.8, 4) is 29.3 Å². The van der Waals surface area contributed by atoms with Crippen molar-refractivity contribution in [2.45, 2.75) is 10.8 Å². The summed E-state index contributed by atoms with van der Waals surface area (Å²) in [5, 5.41) is 28.8. The number of anilines is 1. The van der Waals surface area contributed by atoms with E-state index in [-0.39, 0.29) is 11.4 Å². The van der Waals surface area contributed by atoms with Gasteiger partial charge in [-0.05, 0) is 23.3 Å². The third-order valence-corrected chi connectivity index (χ3v) is 4.98. The highest BCUT2D eigenvalue weighted by Gasteiger charge is 2.20. The summed E-state index contributed by atoms with van der Waals surface area (Å²) in [6.45, 7) is 0. The lowest BCUT2D eigenvalue weighted by Gasteiger charge is -2.13. The van der Waals surface area contributed by atoms with E-state index in [9.17, 15) is 10.5 Å². The molecule has 128 valence electrons. The third-order valence-electron chi connectivity index (χ3n) is 3.94. The molecule has 1 heterocycles. The zero-order chi connectivity index (χ0) is 19.2. The standard InChI is InChI=1S/C21H13N5S/c22-10-14-6-8-16(9-7-14)19-17(11-23)20(25)26-21(18(19)12-24)27-13-15-4-2-1-3-5-15/h1-9H,13H2,(H2,25,26). The number of nitrogens with zero attached hydrogens (tertiary/aromatic N) is 4. The van der Waals surface area contributed by atoms with Crippen molar-refractivity contribution < 1.29 is 0 Å². The van der Waals surface area contributed by atoms with E-state index < -0.39 is 0 Å². The third kappa shape index (κ3) is 3.75. The maximum atomic E-state index is 9.76. The minimum absolute atomic E-state index is 0.0893. The number of aromatic nitrogens is 1. The largest absolute Gasteiger partial charge is 0.383 e. The van der Waals surface area contributed by atoms with Crippen LogP contribution in [0.25, 0.3) is 11.1 Å². The molecular formula is C21H13N5S. The Morgan fingerprint density at radius 1 is 0.852 bits per heavy atom. The molecule has 3 aromatic rings. The molecule has 0 radical (unpaired) electrons. The van der Waals surface area contributed by atoms with E-state index in [0.29, 0.717) is 33.0 Å². The second-order valence-corrected chi connectivity index (χ2v) is 6.58. The second-order valence-electron chi connectivity index (χ2n) is 5.61. The van der Waals surface area contributed by atoms with E-state index in [1.807, 2.05) is 30.3 Å². The first-order valence-corrected chi connectivity index (χ1v) is 8.97. The van der Waals surface area contributed by atoms with Gasteiger partial charge in [0.2, 0.25) is 0 Å². The van der Waals surface area contributed by atoms with Crippen molar-refractivity contribution in [2.75, 3.05) is 5.73 Å². The van der Waals surface area contributed by atoms with Crippen LogP contribution in [-0.2, 0) is 5.75 Å². The minimum atomic E-state index is 0.0893. The monoisotopic (exact) mass is 367 g/mol. The average Bonchev–Trinajstić information content (AvgIpc) is 2.72. The van der Waals surface area contributed by atoms with Gasteiger partial charge in [0.15, 0.2) is 0 Å². The van der Waals surface area contributed by atoms with E-state index in [1.54, 1.807) is 24.3 Å². The smallest absolute Gasteiger partial charge is 0.143 e. The van der Waals surface area contributed by atoms with Gasteiger partial charge in [-0.1, -0.05) is 42.5 Å². The SMILES string of the molecule is N#Cc1ccc(-c2c(C#N)c(N)nc(SCc3ccccc3)c2C#N)cc1. The number of thioether (sulfide) groups is 1. The van der Waals surface area contributed by atoms with Crippen molar-refractivity contribution in [3.05, 3.63) is 76.9 Å². The Morgan fingerprint density at radius 2 is 1.52 bits per heavy atom. The van der Waals surface area contributed by atoms with Crippen molar-refractivity contribution in [3.63, 3.8) is 0 Å². The molecule has 5 nitrogen and oxygen atoms in total. The lowest BCUT2D eigenvalue weighted by molar-refractivity contribution is 1.11. The Hall–Kier alpha value is -3.79. The van der Waals surface area contributed by atoms with Gasteiger partial charge in [-0.3, -0.25) is 0 Å². The van der Waals surface area contributed by atoms with Gasteiger partial charge >= 0.3 is 0 Å². The van der Waals surface area contributed by atoms with Crippen molar-refractivity contribution in [1.29, 1.82) is 15.8 Å². The number of pyridine rings is 1. The van der Waals surface area contributed by atoms with Gasteiger partial charge in [0.1, 0.15) is 28.5 Å². The van der Waals surface area contributed by atoms with Crippen LogP contribution >= 0.6 is 11.8 Å². The summed E-state index contributed by atoms with van der Waals surface area (Å²) in [4.78, 5) is 4.29. The fraction of sp³-hybridized carbons (Fsp3) is 0.0476. The Labute approximate surface area is 161 Å². The summed E-state index contributed by atoms with van der Waals surface area (Å²) in [5.74, 6) is 0.715. The summed E-state index contributed by atoms with van der Waals surface area (Å²) in [7, 11) is 0. The highest BCUT2D eigenvalue weighted by atomic mass is 32.2. The molecule has 2 N–H and O–H groups in total. The molecule has 6 heteroatoms. The van der Waals surface area contributed by atoms with Crippen molar-refractivity contribution >= 4 is 17.6 Å². The van der Waals surface area contributed by atoms with Crippen LogP contribution in [0.15, 0.2) is 59.6 Å². The van der Waals surface area contributed by atoms with Gasteiger partial charge in [0.25, 0.3) is 0 Å². The Balaban J connectivity index is 2.10. The number of hydrogen-bond donors (Lipinski definition) is 1. The molecule has 0 aliphatic heterocycles. The topological polar surface area (TPSA) is 110 Å². The number of nitrogen functional groups attached to an aromatic ring is 1. The molecule has 1 aromatic heterocycles. The fourth-order valence-corrected chi connectivity index (χ4v) is 3.58. The van der Waals surface area contributed by atoms with Gasteiger partial charge in [0, 0.05) is 11.3 Å². The molecule has 0 saturated heterocycles. The Morgan fingerprint density at radius 3 is 2.11 bits per heavy atom. The Kier molecular flexibility index (Phi) is 5.38. The number of nitriles is 3. The van der Waals surface area contributed by atoms with Crippen LogP contribution in [0.2, 0.25) is 0 Å². The lowest BCUT2D eigenvalue weighted by atomic mass is 9.96. The maximum Gasteiger partial charge on any atom is 0.143 e. The maximum absolute atomic E-state index is 9.76. The zero-order valence-electron chi connectivity index (χ0n) is 14.2. The summed E-state index contributed by atoms with van der Waals surface area (Å²) in [6.07, 6.45) is 0. The zero-order valence-corrected chi connectivity index (χ0v) is 15.0. The predicted molar refractivity (Wildman–Crippen MR) is 104 cm³/mol. The van der Waals surface area contributed by atoms with Gasteiger partial charge in [-0.25, -0.2) is 4.98 Å². The van der Waals surface area contributed by atoms with Crippen LogP contribution in [0, 0.1) is 34.0 Å². The molecule has 2 aromatic carbocycles. The van der Waals surface area contributed by atoms with Crippen LogP contribution < -0.4 is 5.73 Å². The van der Waals surface area contributed by atoms with Crippen LogP contribution in [0.4, 0.5) is 5.82 Å². The highest BCUT2D eigenvalue weighted by molar-refractivity contribution is 7.98. The Bertz CT molecular complexity index is 1100. The highest BCUT2D eigenvalue weighted by Crippen LogP contribution is 2.36. The fourth-order valence-electron chi connectivity index (χ4n) is 2.63. The number of hydrogen-bond acceptors (Lipinski definition) is 6. The normalized spacial score (nSPS) is 9.81. The van der Waals surface area contributed by atoms with E-state index in [0.717, 1.165) is 5.56 Å². The van der Waals surface area contributed by atoms with Gasteiger partial charge < -0.3 is 5.73 Å². The van der Waals surface area contributed by atoms with Crippen LogP contribution in [0.5, 0.6) is 0 Å². The minimum Gasteiger partial charge on any atom is -0.383 e. The van der Waals surface area contributed by atoms with Gasteiger partial charge in [0.05, 0.1) is 17.2 Å². The molecule has 3 rings (SSSR count). The van der Waals surface area contributed by atoms with Crippen LogP contribution in [0.1, 0.15) is 22.3 Å². The van der Waals surface area contributed by atoms with Crippen molar-refractivity contribution in [2.24, 2.45) is 0 Å². The molecule has 0 unspecified atom stereocenters. The molecule has 0 fully saturated rings. The van der Waals surface area contributed by atoms with E-state index in [2.05, 4.69) is 23.2 Å². The van der Waals surface area contributed by atoms with E-state index in [4.69, 9.17) is 11.0 Å². The molecule has 0 atom stereocenters. The lowest BCUT2D eigenvalue weighted by Crippen LogP contribution is -2.03. The van der Waals surface area contributed by atoms with Crippen LogP contribution in [0.3, 0.4) is 0 Å².